The van der Waals surface area contributed by atoms with E-state index in [1.807, 2.05) is 61.7 Å². The summed E-state index contributed by atoms with van der Waals surface area (Å²) in [6, 6.07) is 15.4. The maximum atomic E-state index is 17.8. The molecule has 1 unspecified atom stereocenters. The summed E-state index contributed by atoms with van der Waals surface area (Å²) in [5.74, 6) is -2.42. The van der Waals surface area contributed by atoms with Crippen LogP contribution in [0.1, 0.15) is 87.8 Å². The predicted molar refractivity (Wildman–Crippen MR) is 339 cm³/mol. The van der Waals surface area contributed by atoms with Gasteiger partial charge in [0.25, 0.3) is 0 Å². The molecule has 0 bridgehead atoms. The third-order valence-corrected chi connectivity index (χ3v) is 19.1. The first-order chi connectivity index (χ1) is 45.5. The number of fused-ring (bicyclic) bond motifs is 7. The first-order valence-electron chi connectivity index (χ1n) is 32.6. The number of benzene rings is 2. The summed E-state index contributed by atoms with van der Waals surface area (Å²) in [6.45, 7) is 15.2. The van der Waals surface area contributed by atoms with Gasteiger partial charge in [0, 0.05) is 48.2 Å². The molecule has 2 aromatic rings. The van der Waals surface area contributed by atoms with Crippen molar-refractivity contribution in [3.8, 4) is 0 Å². The summed E-state index contributed by atoms with van der Waals surface area (Å²) >= 11 is 1.57. The fourth-order valence-corrected chi connectivity index (χ4v) is 13.7. The zero-order valence-corrected chi connectivity index (χ0v) is 55.8. The van der Waals surface area contributed by atoms with Crippen molar-refractivity contribution in [3.05, 3.63) is 94.6 Å². The highest BCUT2D eigenvalue weighted by Gasteiger charge is 2.80. The van der Waals surface area contributed by atoms with Crippen LogP contribution in [-0.4, -0.2) is 246 Å². The average Bonchev–Trinajstić information content (AvgIpc) is 1.41. The number of aliphatic hydroxyl groups excluding tert-OH is 2. The standard InChI is InChI=1S/C68H98F2O20S.CO2/c1-49(91-4)60(74)9-6-17-77-19-21-79-23-25-81-27-29-83-31-33-85-35-37-87-39-40-88-38-36-86-34-32-84-30-28-82-26-24-80-22-20-78-18-15-55(73)43-52-8-5-7-51(42-52)41-50-10-12-53(13-11-50)64-89-63-46-56-57-45-59(69)58-44-54(72)14-16-65(58,2)67(57,70)61(75)47-66(56,3)68(63,90-64)62(76)48-71;2-1-3/h5,7-8,10-14,16,42,44,49,56-57,59,61,63-64,71,75H,6,9,15,17-41,43,45-48H2,1-4H3;/t49?,56-,57-,59-,61-,63+,64+,65-,66-,67-,68+;/m0./s1. The molecule has 3 saturated carbocycles. The van der Waals surface area contributed by atoms with Crippen LogP contribution in [0.3, 0.4) is 0 Å². The van der Waals surface area contributed by atoms with Crippen LogP contribution in [0.15, 0.2) is 72.3 Å². The van der Waals surface area contributed by atoms with Crippen molar-refractivity contribution in [2.45, 2.75) is 113 Å². The van der Waals surface area contributed by atoms with E-state index in [1.54, 1.807) is 18.7 Å². The first kappa shape index (κ1) is 78.5. The number of hydrogen-bond donors (Lipinski definition) is 2. The lowest BCUT2D eigenvalue weighted by Crippen LogP contribution is -2.70. The maximum Gasteiger partial charge on any atom is 0.373 e. The van der Waals surface area contributed by atoms with Crippen LogP contribution in [0, 0.1) is 22.7 Å². The van der Waals surface area contributed by atoms with E-state index in [0.717, 1.165) is 29.2 Å². The number of carbonyl (C=O) groups is 4. The summed E-state index contributed by atoms with van der Waals surface area (Å²) in [5.41, 5.74) is -3.32. The molecule has 5 aliphatic rings. The summed E-state index contributed by atoms with van der Waals surface area (Å²) in [5, 5.41) is 22.2. The van der Waals surface area contributed by atoms with Crippen LogP contribution >= 0.6 is 11.8 Å². The molecule has 94 heavy (non-hydrogen) atoms. The number of hydrogen-bond acceptors (Lipinski definition) is 23. The van der Waals surface area contributed by atoms with E-state index in [1.165, 1.54) is 19.1 Å². The molecular weight excluding hydrogens is 1250 g/mol. The molecule has 1 saturated heterocycles. The van der Waals surface area contributed by atoms with Gasteiger partial charge in [-0.05, 0) is 92.5 Å². The van der Waals surface area contributed by atoms with Crippen LogP contribution < -0.4 is 0 Å². The van der Waals surface area contributed by atoms with E-state index >= 15 is 8.78 Å². The monoisotopic (exact) mass is 1350 g/mol. The van der Waals surface area contributed by atoms with Gasteiger partial charge in [-0.15, -0.1) is 0 Å². The normalized spacial score (nSPS) is 26.1. The highest BCUT2D eigenvalue weighted by Crippen LogP contribution is 2.72. The van der Waals surface area contributed by atoms with Crippen LogP contribution in [0.25, 0.3) is 0 Å². The number of halogens is 2. The lowest BCUT2D eigenvalue weighted by atomic mass is 9.44. The molecule has 2 N–H and O–H groups in total. The molecule has 7 rings (SSSR count). The van der Waals surface area contributed by atoms with Crippen molar-refractivity contribution in [3.63, 3.8) is 0 Å². The van der Waals surface area contributed by atoms with Gasteiger partial charge in [0.1, 0.15) is 24.3 Å². The molecule has 4 aliphatic carbocycles. The van der Waals surface area contributed by atoms with E-state index in [0.29, 0.717) is 170 Å². The average molecular weight is 1350 g/mol. The third-order valence-electron chi connectivity index (χ3n) is 18.1. The Labute approximate surface area is 554 Å². The number of aliphatic hydroxyl groups is 2. The number of ether oxygens (including phenoxy) is 14. The minimum atomic E-state index is -2.33. The van der Waals surface area contributed by atoms with Crippen LogP contribution in [0.2, 0.25) is 0 Å². The first-order valence-corrected chi connectivity index (χ1v) is 33.9. The Morgan fingerprint density at radius 3 is 1.61 bits per heavy atom. The maximum absolute atomic E-state index is 17.8. The van der Waals surface area contributed by atoms with Gasteiger partial charge in [-0.3, -0.25) is 19.2 Å². The summed E-state index contributed by atoms with van der Waals surface area (Å²) in [4.78, 5) is 67.2. The number of rotatable bonds is 49. The molecule has 11 atom stereocenters. The lowest BCUT2D eigenvalue weighted by Gasteiger charge is -2.63. The van der Waals surface area contributed by atoms with Gasteiger partial charge in [-0.2, -0.15) is 21.4 Å². The van der Waals surface area contributed by atoms with Crippen molar-refractivity contribution in [1.82, 2.24) is 0 Å². The molecule has 1 heterocycles. The fourth-order valence-electron chi connectivity index (χ4n) is 13.3. The van der Waals surface area contributed by atoms with Crippen LogP contribution in [-0.2, 0) is 108 Å². The fraction of sp³-hybridized carbons (Fsp3) is 0.696. The van der Waals surface area contributed by atoms with E-state index < -0.39 is 76.8 Å². The molecule has 1 aliphatic heterocycles. The number of alkyl halides is 2. The van der Waals surface area contributed by atoms with E-state index in [4.69, 9.17) is 75.9 Å². The molecule has 0 radical (unpaired) electrons. The van der Waals surface area contributed by atoms with E-state index in [2.05, 4.69) is 0 Å². The highest BCUT2D eigenvalue weighted by atomic mass is 32.2. The number of ketones is 4. The van der Waals surface area contributed by atoms with Crippen LogP contribution in [0.4, 0.5) is 8.78 Å². The number of Topliss-reactive ketones (excluding diaryl/α,β-unsaturated/α-hetero) is 3. The second-order valence-corrected chi connectivity index (χ2v) is 25.2. The predicted octanol–water partition coefficient (Wildman–Crippen LogP) is 6.14. The molecular formula is C69H98F2O22S. The zero-order chi connectivity index (χ0) is 67.7. The largest absolute Gasteiger partial charge is 0.390 e. The Hall–Kier alpha value is -4.45. The highest BCUT2D eigenvalue weighted by molar-refractivity contribution is 7.99. The van der Waals surface area contributed by atoms with Crippen molar-refractivity contribution in [2.75, 3.05) is 171 Å². The molecule has 0 amide bonds. The molecule has 0 spiro atoms. The summed E-state index contributed by atoms with van der Waals surface area (Å²) < 4.78 is 113. The summed E-state index contributed by atoms with van der Waals surface area (Å²) in [7, 11) is 0. The van der Waals surface area contributed by atoms with E-state index in [9.17, 15) is 29.4 Å². The second kappa shape index (κ2) is 41.7. The Kier molecular flexibility index (Phi) is 34.9. The number of thioether (sulfide) groups is 1. The molecule has 22 nitrogen and oxygen atoms in total. The molecule has 2 aromatic carbocycles. The van der Waals surface area contributed by atoms with Gasteiger partial charge in [0.2, 0.25) is 0 Å². The van der Waals surface area contributed by atoms with Crippen molar-refractivity contribution >= 4 is 41.0 Å². The third kappa shape index (κ3) is 22.3. The lowest BCUT2D eigenvalue weighted by molar-refractivity contribution is -0.235. The minimum absolute atomic E-state index is 0.0171. The molecule has 4 fully saturated rings. The smallest absolute Gasteiger partial charge is 0.373 e. The van der Waals surface area contributed by atoms with E-state index in [-0.39, 0.29) is 67.3 Å². The second-order valence-electron chi connectivity index (χ2n) is 24.1. The summed E-state index contributed by atoms with van der Waals surface area (Å²) in [6.07, 6.45) is 2.85. The van der Waals surface area contributed by atoms with Gasteiger partial charge in [0.05, 0.1) is 169 Å². The Bertz CT molecular complexity index is 2700. The van der Waals surface area contributed by atoms with Gasteiger partial charge in [-0.1, -0.05) is 61.5 Å². The minimum Gasteiger partial charge on any atom is -0.390 e. The van der Waals surface area contributed by atoms with Crippen molar-refractivity contribution in [2.24, 2.45) is 22.7 Å². The van der Waals surface area contributed by atoms with Gasteiger partial charge in [-0.25, -0.2) is 8.78 Å². The Morgan fingerprint density at radius 1 is 0.660 bits per heavy atom. The number of allylic oxidation sites excluding steroid dienone is 4. The zero-order valence-electron chi connectivity index (χ0n) is 55.0. The molecule has 0 aromatic heterocycles. The van der Waals surface area contributed by atoms with Gasteiger partial charge in [0.15, 0.2) is 29.1 Å². The van der Waals surface area contributed by atoms with Crippen molar-refractivity contribution in [1.29, 1.82) is 0 Å². The van der Waals surface area contributed by atoms with Crippen LogP contribution in [0.5, 0.6) is 0 Å². The quantitative estimate of drug-likeness (QED) is 0.0704. The SMILES string of the molecule is CSC(C)C(=O)CCCOCCOCCOCCOCCOCCOCCOCCOCCOCCOCCOCCOCCC(=O)Cc1cccc(Cc2ccc([C@@H]3O[C@@H]4C[C@H]5[C@@H]6C[C@H](F)C7=CC(=O)C=C[C@]7(C)[C@@]6(F)[C@@H](O)C[C@]5(C)[C@]4(C(=O)CO)O3)cc2)c1.O=C=O. The molecule has 25 heteroatoms. The molecule has 526 valence electrons. The van der Waals surface area contributed by atoms with Gasteiger partial charge >= 0.3 is 6.15 Å². The van der Waals surface area contributed by atoms with Gasteiger partial charge < -0.3 is 76.5 Å². The Balaban J connectivity index is 0.00000458. The topological polar surface area (TPSA) is 272 Å². The number of carbonyl (C=O) groups excluding carboxylic acids is 6. The Morgan fingerprint density at radius 2 is 1.13 bits per heavy atom. The van der Waals surface area contributed by atoms with Crippen molar-refractivity contribution < 1.29 is 114 Å².